The average molecular weight is 304 g/mol. The summed E-state index contributed by atoms with van der Waals surface area (Å²) in [5, 5.41) is 9.47. The average Bonchev–Trinajstić information content (AvgIpc) is 2.56. The molecule has 2 aliphatic rings. The second-order valence-electron chi connectivity index (χ2n) is 6.91. The van der Waals surface area contributed by atoms with Crippen molar-refractivity contribution in [1.29, 1.82) is 0 Å². The largest absolute Gasteiger partial charge is 0.481 e. The molecule has 0 bridgehead atoms. The highest BCUT2D eigenvalue weighted by atomic mass is 16.4. The summed E-state index contributed by atoms with van der Waals surface area (Å²) >= 11 is 0. The van der Waals surface area contributed by atoms with Crippen molar-refractivity contribution in [2.75, 3.05) is 26.2 Å². The van der Waals surface area contributed by atoms with Crippen molar-refractivity contribution in [2.24, 2.45) is 5.92 Å². The molecule has 1 aromatic carbocycles. The van der Waals surface area contributed by atoms with Gasteiger partial charge in [0, 0.05) is 12.0 Å². The molecule has 0 amide bonds. The molecule has 1 saturated heterocycles. The van der Waals surface area contributed by atoms with Crippen LogP contribution in [-0.4, -0.2) is 43.3 Å². The predicted molar refractivity (Wildman–Crippen MR) is 84.9 cm³/mol. The van der Waals surface area contributed by atoms with Crippen LogP contribution >= 0.6 is 0 Å². The Morgan fingerprint density at radius 2 is 1.73 bits per heavy atom. The highest BCUT2D eigenvalue weighted by Gasteiger charge is 2.39. The molecule has 22 heavy (non-hydrogen) atoms. The maximum atomic E-state index is 11.5. The zero-order valence-corrected chi connectivity index (χ0v) is 13.3. The van der Waals surface area contributed by atoms with Crippen molar-refractivity contribution in [3.05, 3.63) is 35.9 Å². The number of hydrogen-bond donors (Lipinski definition) is 3. The van der Waals surface area contributed by atoms with Gasteiger partial charge in [-0.25, -0.2) is 0 Å². The second-order valence-corrected chi connectivity index (χ2v) is 6.91. The summed E-state index contributed by atoms with van der Waals surface area (Å²) in [4.78, 5) is 14.7. The summed E-state index contributed by atoms with van der Waals surface area (Å²) in [5.74, 6) is -0.685. The van der Waals surface area contributed by atoms with Gasteiger partial charge in [-0.05, 0) is 12.8 Å². The SMILES string of the molecule is O=C(O)[C@@H]1CCCC[C@H]1[NH+]1CC[NH+](Cc2ccccc2)CC1. The Bertz CT molecular complexity index is 483. The molecule has 4 nitrogen and oxygen atoms in total. The lowest BCUT2D eigenvalue weighted by Gasteiger charge is -2.38. The lowest BCUT2D eigenvalue weighted by Crippen LogP contribution is -3.29. The minimum Gasteiger partial charge on any atom is -0.481 e. The van der Waals surface area contributed by atoms with Gasteiger partial charge < -0.3 is 14.9 Å². The summed E-state index contributed by atoms with van der Waals surface area (Å²) in [6.07, 6.45) is 4.27. The number of piperazine rings is 1. The van der Waals surface area contributed by atoms with Gasteiger partial charge in [0.15, 0.2) is 0 Å². The van der Waals surface area contributed by atoms with E-state index in [1.165, 1.54) is 12.0 Å². The van der Waals surface area contributed by atoms with Crippen molar-refractivity contribution >= 4 is 5.97 Å². The van der Waals surface area contributed by atoms with Gasteiger partial charge in [0.25, 0.3) is 0 Å². The number of carbonyl (C=O) groups is 1. The van der Waals surface area contributed by atoms with E-state index in [0.717, 1.165) is 52.0 Å². The third-order valence-electron chi connectivity index (χ3n) is 5.50. The van der Waals surface area contributed by atoms with E-state index in [0.29, 0.717) is 6.04 Å². The molecular weight excluding hydrogens is 276 g/mol. The van der Waals surface area contributed by atoms with Crippen LogP contribution in [0.1, 0.15) is 31.2 Å². The molecule has 3 N–H and O–H groups in total. The molecule has 4 heteroatoms. The minimum atomic E-state index is -0.573. The van der Waals surface area contributed by atoms with Crippen LogP contribution < -0.4 is 9.80 Å². The van der Waals surface area contributed by atoms with Crippen LogP contribution in [0, 0.1) is 5.92 Å². The van der Waals surface area contributed by atoms with E-state index in [-0.39, 0.29) is 5.92 Å². The van der Waals surface area contributed by atoms with E-state index in [1.807, 2.05) is 0 Å². The number of hydrogen-bond acceptors (Lipinski definition) is 1. The molecule has 3 rings (SSSR count). The quantitative estimate of drug-likeness (QED) is 0.710. The van der Waals surface area contributed by atoms with Crippen LogP contribution in [0.15, 0.2) is 30.3 Å². The van der Waals surface area contributed by atoms with E-state index < -0.39 is 5.97 Å². The third kappa shape index (κ3) is 3.68. The smallest absolute Gasteiger partial charge is 0.312 e. The summed E-state index contributed by atoms with van der Waals surface area (Å²) in [6.45, 7) is 5.66. The molecule has 0 aromatic heterocycles. The number of carboxylic acid groups (broad SMARTS) is 1. The van der Waals surface area contributed by atoms with E-state index in [4.69, 9.17) is 0 Å². The molecule has 0 radical (unpaired) electrons. The number of aliphatic carboxylic acids is 1. The predicted octanol–water partition coefficient (Wildman–Crippen LogP) is -0.387. The molecule has 1 aliphatic carbocycles. The fraction of sp³-hybridized carbons (Fsp3) is 0.611. The molecule has 1 aliphatic heterocycles. The Labute approximate surface area is 132 Å². The zero-order chi connectivity index (χ0) is 15.4. The van der Waals surface area contributed by atoms with Crippen molar-refractivity contribution < 1.29 is 19.7 Å². The Morgan fingerprint density at radius 1 is 1.05 bits per heavy atom. The van der Waals surface area contributed by atoms with E-state index in [1.54, 1.807) is 9.80 Å². The third-order valence-corrected chi connectivity index (χ3v) is 5.50. The Balaban J connectivity index is 1.53. The van der Waals surface area contributed by atoms with Crippen LogP contribution in [0.4, 0.5) is 0 Å². The fourth-order valence-corrected chi connectivity index (χ4v) is 4.27. The van der Waals surface area contributed by atoms with E-state index >= 15 is 0 Å². The number of quaternary nitrogens is 2. The van der Waals surface area contributed by atoms with E-state index in [9.17, 15) is 9.90 Å². The van der Waals surface area contributed by atoms with Crippen LogP contribution in [0.2, 0.25) is 0 Å². The molecule has 1 saturated carbocycles. The van der Waals surface area contributed by atoms with Crippen molar-refractivity contribution in [2.45, 2.75) is 38.3 Å². The first-order chi connectivity index (χ1) is 10.7. The number of carboxylic acids is 1. The fourth-order valence-electron chi connectivity index (χ4n) is 4.27. The highest BCUT2D eigenvalue weighted by molar-refractivity contribution is 5.70. The monoisotopic (exact) mass is 304 g/mol. The molecule has 0 spiro atoms. The van der Waals surface area contributed by atoms with Crippen LogP contribution in [0.5, 0.6) is 0 Å². The molecule has 1 heterocycles. The van der Waals surface area contributed by atoms with Gasteiger partial charge in [-0.3, -0.25) is 4.79 Å². The molecule has 120 valence electrons. The maximum absolute atomic E-state index is 11.5. The lowest BCUT2D eigenvalue weighted by atomic mass is 9.83. The Hall–Kier alpha value is -1.39. The lowest BCUT2D eigenvalue weighted by molar-refractivity contribution is -1.03. The summed E-state index contributed by atoms with van der Waals surface area (Å²) in [6, 6.07) is 11.0. The number of benzene rings is 1. The molecule has 2 fully saturated rings. The first kappa shape index (κ1) is 15.5. The summed E-state index contributed by atoms with van der Waals surface area (Å²) in [5.41, 5.74) is 1.40. The second kappa shape index (κ2) is 7.25. The van der Waals surface area contributed by atoms with Gasteiger partial charge in [-0.1, -0.05) is 36.8 Å². The Morgan fingerprint density at radius 3 is 2.41 bits per heavy atom. The van der Waals surface area contributed by atoms with Gasteiger partial charge in [0.2, 0.25) is 0 Å². The van der Waals surface area contributed by atoms with Gasteiger partial charge in [0.1, 0.15) is 44.7 Å². The normalized spacial score (nSPS) is 32.5. The molecule has 1 aromatic rings. The number of nitrogens with one attached hydrogen (secondary N) is 2. The van der Waals surface area contributed by atoms with Gasteiger partial charge in [0.05, 0.1) is 0 Å². The zero-order valence-electron chi connectivity index (χ0n) is 13.3. The maximum Gasteiger partial charge on any atom is 0.312 e. The first-order valence-corrected chi connectivity index (χ1v) is 8.69. The van der Waals surface area contributed by atoms with Crippen LogP contribution in [-0.2, 0) is 11.3 Å². The standard InChI is InChI=1S/C18H26N2O2/c21-18(22)16-8-4-5-9-17(16)20-12-10-19(11-13-20)14-15-6-2-1-3-7-15/h1-3,6-7,16-17H,4-5,8-14H2,(H,21,22)/p+2/t16-,17-/m1/s1. The minimum absolute atomic E-state index is 0.112. The summed E-state index contributed by atoms with van der Waals surface area (Å²) in [7, 11) is 0. The molecular formula is C18H28N2O2+2. The van der Waals surface area contributed by atoms with Crippen molar-refractivity contribution in [1.82, 2.24) is 0 Å². The topological polar surface area (TPSA) is 46.2 Å². The van der Waals surface area contributed by atoms with Gasteiger partial charge >= 0.3 is 5.97 Å². The van der Waals surface area contributed by atoms with E-state index in [2.05, 4.69) is 30.3 Å². The highest BCUT2D eigenvalue weighted by Crippen LogP contribution is 2.22. The van der Waals surface area contributed by atoms with Crippen molar-refractivity contribution in [3.8, 4) is 0 Å². The Kier molecular flexibility index (Phi) is 5.11. The summed E-state index contributed by atoms with van der Waals surface area (Å²) < 4.78 is 0. The van der Waals surface area contributed by atoms with Gasteiger partial charge in [-0.2, -0.15) is 0 Å². The van der Waals surface area contributed by atoms with Crippen LogP contribution in [0.3, 0.4) is 0 Å². The first-order valence-electron chi connectivity index (χ1n) is 8.69. The van der Waals surface area contributed by atoms with Crippen LogP contribution in [0.25, 0.3) is 0 Å². The van der Waals surface area contributed by atoms with Crippen molar-refractivity contribution in [3.63, 3.8) is 0 Å². The van der Waals surface area contributed by atoms with Gasteiger partial charge in [-0.15, -0.1) is 0 Å². The number of rotatable bonds is 4. The molecule has 0 unspecified atom stereocenters. The molecule has 2 atom stereocenters.